The van der Waals surface area contributed by atoms with Crippen LogP contribution < -0.4 is 5.32 Å². The molecule has 1 aliphatic rings. The van der Waals surface area contributed by atoms with Gasteiger partial charge >= 0.3 is 0 Å². The third-order valence-electron chi connectivity index (χ3n) is 3.85. The topological polar surface area (TPSA) is 72.0 Å². The van der Waals surface area contributed by atoms with Gasteiger partial charge in [-0.15, -0.1) is 11.6 Å². The normalized spacial score (nSPS) is 12.1. The molecule has 1 aliphatic carbocycles. The van der Waals surface area contributed by atoms with Crippen LogP contribution in [0.5, 0.6) is 0 Å². The van der Waals surface area contributed by atoms with Gasteiger partial charge in [-0.2, -0.15) is 0 Å². The van der Waals surface area contributed by atoms with E-state index in [4.69, 9.17) is 11.6 Å². The smallest absolute Gasteiger partial charge is 0.239 e. The molecule has 6 heteroatoms. The minimum Gasteiger partial charge on any atom is -0.324 e. The molecule has 23 heavy (non-hydrogen) atoms. The third-order valence-corrected chi connectivity index (χ3v) is 4.09. The van der Waals surface area contributed by atoms with Crippen molar-refractivity contribution in [3.8, 4) is 11.3 Å². The minimum absolute atomic E-state index is 0.154. The number of rotatable bonds is 2. The highest BCUT2D eigenvalue weighted by Crippen LogP contribution is 2.39. The number of nitrogens with one attached hydrogen (secondary N) is 1. The van der Waals surface area contributed by atoms with Crippen LogP contribution in [0.3, 0.4) is 0 Å². The number of ketones is 1. The summed E-state index contributed by atoms with van der Waals surface area (Å²) in [6.07, 6.45) is 1.48. The van der Waals surface area contributed by atoms with E-state index >= 15 is 0 Å². The first kappa shape index (κ1) is 13.8. The minimum atomic E-state index is -0.362. The van der Waals surface area contributed by atoms with Gasteiger partial charge in [0.2, 0.25) is 5.91 Å². The van der Waals surface area contributed by atoms with E-state index in [1.165, 1.54) is 6.33 Å². The molecular formula is C17H10ClN3O2. The Labute approximate surface area is 136 Å². The highest BCUT2D eigenvalue weighted by Gasteiger charge is 2.29. The number of anilines is 1. The van der Waals surface area contributed by atoms with Crippen LogP contribution >= 0.6 is 11.6 Å². The summed E-state index contributed by atoms with van der Waals surface area (Å²) < 4.78 is 0. The van der Waals surface area contributed by atoms with E-state index in [1.807, 2.05) is 12.1 Å². The fraction of sp³-hybridized carbons (Fsp3) is 0.0588. The maximum Gasteiger partial charge on any atom is 0.239 e. The Balaban J connectivity index is 2.04. The summed E-state index contributed by atoms with van der Waals surface area (Å²) in [7, 11) is 0. The van der Waals surface area contributed by atoms with Crippen molar-refractivity contribution in [1.82, 2.24) is 9.97 Å². The molecule has 5 nitrogen and oxygen atoms in total. The molecule has 3 aromatic rings. The molecule has 1 N–H and O–H groups in total. The maximum atomic E-state index is 12.9. The molecule has 0 radical (unpaired) electrons. The molecule has 0 fully saturated rings. The first-order chi connectivity index (χ1) is 11.2. The fourth-order valence-electron chi connectivity index (χ4n) is 2.92. The summed E-state index contributed by atoms with van der Waals surface area (Å²) in [5, 5.41) is 3.42. The van der Waals surface area contributed by atoms with Gasteiger partial charge in [0, 0.05) is 16.5 Å². The van der Waals surface area contributed by atoms with Crippen LogP contribution in [0.1, 0.15) is 15.9 Å². The van der Waals surface area contributed by atoms with Gasteiger partial charge in [0.15, 0.2) is 5.78 Å². The second kappa shape index (κ2) is 5.14. The van der Waals surface area contributed by atoms with Crippen molar-refractivity contribution in [3.63, 3.8) is 0 Å². The Bertz CT molecular complexity index is 979. The van der Waals surface area contributed by atoms with Crippen molar-refractivity contribution in [3.05, 3.63) is 53.9 Å². The van der Waals surface area contributed by atoms with E-state index < -0.39 is 0 Å². The molecule has 2 aromatic carbocycles. The first-order valence-electron chi connectivity index (χ1n) is 6.98. The molecule has 0 unspecified atom stereocenters. The molecule has 1 aromatic heterocycles. The Hall–Kier alpha value is -2.79. The first-order valence-corrected chi connectivity index (χ1v) is 7.52. The molecular weight excluding hydrogens is 314 g/mol. The standard InChI is InChI=1S/C17H10ClN3O2/c18-7-13(22)21-12-6-1-3-9-15(12)17(23)10-4-2-5-11-14(10)16(9)20-8-19-11/h1-6,8H,7H2,(H,21,22). The second-order valence-electron chi connectivity index (χ2n) is 5.16. The highest BCUT2D eigenvalue weighted by atomic mass is 35.5. The number of amides is 1. The van der Waals surface area contributed by atoms with Crippen molar-refractivity contribution >= 4 is 39.9 Å². The number of halogens is 1. The number of aromatic nitrogens is 2. The summed E-state index contributed by atoms with van der Waals surface area (Å²) in [4.78, 5) is 33.2. The number of fused-ring (bicyclic) bond motifs is 2. The van der Waals surface area contributed by atoms with E-state index in [-0.39, 0.29) is 17.6 Å². The van der Waals surface area contributed by atoms with Crippen LogP contribution in [0, 0.1) is 0 Å². The zero-order valence-corrected chi connectivity index (χ0v) is 12.6. The number of nitrogens with zero attached hydrogens (tertiary/aromatic N) is 2. The SMILES string of the molecule is O=C(CCl)Nc1cccc2c1C(=O)c1cccc3ncnc-2c13. The van der Waals surface area contributed by atoms with Gasteiger partial charge < -0.3 is 5.32 Å². The predicted octanol–water partition coefficient (Wildman–Crippen LogP) is 3.02. The van der Waals surface area contributed by atoms with Crippen LogP contribution in [0.4, 0.5) is 5.69 Å². The average molecular weight is 324 g/mol. The Morgan fingerprint density at radius 2 is 1.87 bits per heavy atom. The van der Waals surface area contributed by atoms with E-state index in [1.54, 1.807) is 24.3 Å². The van der Waals surface area contributed by atoms with Crippen LogP contribution in [0.15, 0.2) is 42.7 Å². The Morgan fingerprint density at radius 3 is 2.70 bits per heavy atom. The Morgan fingerprint density at radius 1 is 1.09 bits per heavy atom. The maximum absolute atomic E-state index is 12.9. The van der Waals surface area contributed by atoms with Crippen LogP contribution in [-0.2, 0) is 4.79 Å². The lowest BCUT2D eigenvalue weighted by atomic mass is 9.86. The van der Waals surface area contributed by atoms with Gasteiger partial charge in [-0.1, -0.05) is 24.3 Å². The summed E-state index contributed by atoms with van der Waals surface area (Å²) in [6, 6.07) is 10.7. The predicted molar refractivity (Wildman–Crippen MR) is 87.8 cm³/mol. The molecule has 1 amide bonds. The lowest BCUT2D eigenvalue weighted by Crippen LogP contribution is -2.18. The number of hydrogen-bond donors (Lipinski definition) is 1. The molecule has 4 rings (SSSR count). The van der Waals surface area contributed by atoms with Gasteiger partial charge in [0.05, 0.1) is 22.5 Å². The monoisotopic (exact) mass is 323 g/mol. The van der Waals surface area contributed by atoms with Crippen molar-refractivity contribution in [2.24, 2.45) is 0 Å². The highest BCUT2D eigenvalue weighted by molar-refractivity contribution is 6.31. The van der Waals surface area contributed by atoms with E-state index in [2.05, 4.69) is 15.3 Å². The van der Waals surface area contributed by atoms with Crippen LogP contribution in [-0.4, -0.2) is 27.5 Å². The lowest BCUT2D eigenvalue weighted by Gasteiger charge is -2.20. The van der Waals surface area contributed by atoms with Gasteiger partial charge in [-0.05, 0) is 12.1 Å². The molecule has 1 heterocycles. The summed E-state index contributed by atoms with van der Waals surface area (Å²) in [5.74, 6) is -0.690. The third kappa shape index (κ3) is 2.01. The number of alkyl halides is 1. The molecule has 0 atom stereocenters. The van der Waals surface area contributed by atoms with Gasteiger partial charge in [0.1, 0.15) is 12.2 Å². The van der Waals surface area contributed by atoms with Crippen LogP contribution in [0.25, 0.3) is 22.2 Å². The van der Waals surface area contributed by atoms with Gasteiger partial charge in [-0.25, -0.2) is 9.97 Å². The van der Waals surface area contributed by atoms with Crippen molar-refractivity contribution in [2.45, 2.75) is 0 Å². The molecule has 0 saturated heterocycles. The fourth-order valence-corrected chi connectivity index (χ4v) is 2.99. The number of carbonyl (C=O) groups excluding carboxylic acids is 2. The van der Waals surface area contributed by atoms with E-state index in [0.717, 1.165) is 10.9 Å². The largest absolute Gasteiger partial charge is 0.324 e. The summed E-state index contributed by atoms with van der Waals surface area (Å²) in [6.45, 7) is 0. The van der Waals surface area contributed by atoms with Crippen molar-refractivity contribution in [1.29, 1.82) is 0 Å². The molecule has 0 aliphatic heterocycles. The van der Waals surface area contributed by atoms with Crippen molar-refractivity contribution < 1.29 is 9.59 Å². The molecule has 0 bridgehead atoms. The summed E-state index contributed by atoms with van der Waals surface area (Å²) >= 11 is 5.55. The number of benzene rings is 2. The second-order valence-corrected chi connectivity index (χ2v) is 5.43. The number of carbonyl (C=O) groups is 2. The molecule has 112 valence electrons. The van der Waals surface area contributed by atoms with Gasteiger partial charge in [0.25, 0.3) is 0 Å². The Kier molecular flexibility index (Phi) is 3.09. The lowest BCUT2D eigenvalue weighted by molar-refractivity contribution is -0.113. The van der Waals surface area contributed by atoms with E-state index in [0.29, 0.717) is 28.1 Å². The van der Waals surface area contributed by atoms with Gasteiger partial charge in [-0.3, -0.25) is 9.59 Å². The average Bonchev–Trinajstić information content (AvgIpc) is 2.59. The molecule has 0 spiro atoms. The zero-order valence-electron chi connectivity index (χ0n) is 11.8. The zero-order chi connectivity index (χ0) is 16.0. The number of hydrogen-bond acceptors (Lipinski definition) is 4. The molecule has 0 saturated carbocycles. The quantitative estimate of drug-likeness (QED) is 0.576. The summed E-state index contributed by atoms with van der Waals surface area (Å²) in [5.41, 5.74) is 3.53. The van der Waals surface area contributed by atoms with Crippen LogP contribution in [0.2, 0.25) is 0 Å². The van der Waals surface area contributed by atoms with E-state index in [9.17, 15) is 9.59 Å². The van der Waals surface area contributed by atoms with Crippen molar-refractivity contribution in [2.75, 3.05) is 11.2 Å².